The van der Waals surface area contributed by atoms with Crippen molar-refractivity contribution in [1.29, 1.82) is 0 Å². The molecule has 3 aromatic rings. The van der Waals surface area contributed by atoms with Crippen LogP contribution in [0, 0.1) is 19.1 Å². The fourth-order valence-electron chi connectivity index (χ4n) is 2.20. The summed E-state index contributed by atoms with van der Waals surface area (Å²) in [5.41, 5.74) is 4.28. The van der Waals surface area contributed by atoms with E-state index in [1.54, 1.807) is 0 Å². The van der Waals surface area contributed by atoms with Gasteiger partial charge in [-0.2, -0.15) is 42.0 Å². The van der Waals surface area contributed by atoms with Gasteiger partial charge in [-0.1, -0.05) is 11.9 Å². The van der Waals surface area contributed by atoms with Gasteiger partial charge in [-0.25, -0.2) is 5.56 Å². The van der Waals surface area contributed by atoms with E-state index in [-0.39, 0.29) is 41.1 Å². The van der Waals surface area contributed by atoms with E-state index >= 15 is 0 Å². The van der Waals surface area contributed by atoms with Crippen LogP contribution in [0.25, 0.3) is 22.5 Å². The van der Waals surface area contributed by atoms with Crippen LogP contribution in [0.15, 0.2) is 54.9 Å². The molecule has 0 bridgehead atoms. The largest absolute Gasteiger partial charge is 0.265 e. The Morgan fingerprint density at radius 3 is 2.55 bits per heavy atom. The minimum Gasteiger partial charge on any atom is -0.265 e. The van der Waals surface area contributed by atoms with Gasteiger partial charge in [-0.05, 0) is 5.56 Å². The standard InChI is InChI=1S/C18H15N2.B.Y/c1-14-9-10-16(15-7-4-3-5-8-15)13-17(14)18-19-11-6-12-20(18)2;;/h3-7,9-12H,1-2H3;;/q-1;;. The third-order valence-corrected chi connectivity index (χ3v) is 3.30. The maximum absolute atomic E-state index is 4.47. The van der Waals surface area contributed by atoms with E-state index in [9.17, 15) is 0 Å². The van der Waals surface area contributed by atoms with Crippen LogP contribution in [0.4, 0.5) is 0 Å². The molecular weight excluding hydrogens is 344 g/mol. The third-order valence-electron chi connectivity index (χ3n) is 3.30. The van der Waals surface area contributed by atoms with Crippen molar-refractivity contribution in [2.24, 2.45) is 7.05 Å². The van der Waals surface area contributed by atoms with E-state index < -0.39 is 0 Å². The van der Waals surface area contributed by atoms with Gasteiger partial charge in [0.05, 0.1) is 13.2 Å². The number of benzene rings is 2. The van der Waals surface area contributed by atoms with Crippen molar-refractivity contribution in [1.82, 2.24) is 4.98 Å². The molecule has 0 atom stereocenters. The summed E-state index contributed by atoms with van der Waals surface area (Å²) in [6, 6.07) is 20.8. The SMILES string of the molecule is Cc1ccc(-c2[c-]cccc2)[c-]c1-c1nccc[n+]1C.[B].[Y]. The number of aromatic nitrogens is 2. The average Bonchev–Trinajstić information content (AvgIpc) is 2.49. The molecule has 0 aliphatic rings. The second kappa shape index (κ2) is 8.36. The molecule has 104 valence electrons. The van der Waals surface area contributed by atoms with E-state index in [4.69, 9.17) is 0 Å². The van der Waals surface area contributed by atoms with E-state index in [1.165, 1.54) is 5.56 Å². The van der Waals surface area contributed by atoms with Crippen LogP contribution in [0.1, 0.15) is 5.56 Å². The minimum atomic E-state index is 0. The van der Waals surface area contributed by atoms with Crippen molar-refractivity contribution in [3.63, 3.8) is 0 Å². The van der Waals surface area contributed by atoms with Crippen molar-refractivity contribution in [2.75, 3.05) is 0 Å². The molecule has 0 saturated carbocycles. The molecule has 22 heavy (non-hydrogen) atoms. The zero-order chi connectivity index (χ0) is 13.9. The quantitative estimate of drug-likeness (QED) is 0.391. The third kappa shape index (κ3) is 3.91. The van der Waals surface area contributed by atoms with Crippen LogP contribution in [-0.2, 0) is 39.8 Å². The molecule has 1 heterocycles. The fraction of sp³-hybridized carbons (Fsp3) is 0.111. The Morgan fingerprint density at radius 1 is 1.05 bits per heavy atom. The van der Waals surface area contributed by atoms with Crippen molar-refractivity contribution in [3.05, 3.63) is 72.6 Å². The topological polar surface area (TPSA) is 16.8 Å². The summed E-state index contributed by atoms with van der Waals surface area (Å²) in [6.45, 7) is 2.08. The van der Waals surface area contributed by atoms with Gasteiger partial charge in [0.1, 0.15) is 6.20 Å². The second-order valence-corrected chi connectivity index (χ2v) is 4.76. The first-order valence-electron chi connectivity index (χ1n) is 6.57. The van der Waals surface area contributed by atoms with Crippen molar-refractivity contribution in [3.8, 4) is 22.5 Å². The van der Waals surface area contributed by atoms with Crippen LogP contribution in [0.2, 0.25) is 0 Å². The molecule has 4 radical (unpaired) electrons. The Morgan fingerprint density at radius 2 is 1.86 bits per heavy atom. The Labute approximate surface area is 159 Å². The van der Waals surface area contributed by atoms with Crippen LogP contribution < -0.4 is 4.57 Å². The van der Waals surface area contributed by atoms with Crippen molar-refractivity contribution in [2.45, 2.75) is 6.92 Å². The number of nitrogens with zero attached hydrogens (tertiary/aromatic N) is 2. The van der Waals surface area contributed by atoms with E-state index in [2.05, 4.69) is 36.2 Å². The van der Waals surface area contributed by atoms with Gasteiger partial charge in [0.2, 0.25) is 0 Å². The molecule has 0 aliphatic heterocycles. The van der Waals surface area contributed by atoms with Gasteiger partial charge in [0.15, 0.2) is 0 Å². The number of hydrogen-bond acceptors (Lipinski definition) is 1. The Kier molecular flexibility index (Phi) is 7.12. The Bertz CT molecular complexity index is 745. The molecule has 0 aliphatic carbocycles. The summed E-state index contributed by atoms with van der Waals surface area (Å²) in [4.78, 5) is 4.47. The van der Waals surface area contributed by atoms with Gasteiger partial charge in [-0.15, -0.1) is 17.7 Å². The number of hydrogen-bond donors (Lipinski definition) is 0. The maximum atomic E-state index is 4.47. The van der Waals surface area contributed by atoms with Crippen LogP contribution in [0.5, 0.6) is 0 Å². The van der Waals surface area contributed by atoms with Gasteiger partial charge >= 0.3 is 0 Å². The second-order valence-electron chi connectivity index (χ2n) is 4.76. The average molecular weight is 359 g/mol. The smallest absolute Gasteiger partial charge is 0.264 e. The fourth-order valence-corrected chi connectivity index (χ4v) is 2.20. The zero-order valence-electron chi connectivity index (χ0n) is 12.7. The van der Waals surface area contributed by atoms with E-state index in [1.807, 2.05) is 54.3 Å². The van der Waals surface area contributed by atoms with Gasteiger partial charge < -0.3 is 0 Å². The predicted octanol–water partition coefficient (Wildman–Crippen LogP) is 2.77. The monoisotopic (exact) mass is 359 g/mol. The number of rotatable bonds is 2. The van der Waals surface area contributed by atoms with Crippen LogP contribution in [0.3, 0.4) is 0 Å². The Hall–Kier alpha value is -1.31. The molecule has 2 nitrogen and oxygen atoms in total. The summed E-state index contributed by atoms with van der Waals surface area (Å²) < 4.78 is 2.01. The summed E-state index contributed by atoms with van der Waals surface area (Å²) in [5, 5.41) is 0. The summed E-state index contributed by atoms with van der Waals surface area (Å²) in [6.07, 6.45) is 3.81. The molecule has 2 aromatic carbocycles. The summed E-state index contributed by atoms with van der Waals surface area (Å²) in [7, 11) is 2.00. The first kappa shape index (κ1) is 18.7. The maximum Gasteiger partial charge on any atom is 0.264 e. The summed E-state index contributed by atoms with van der Waals surface area (Å²) >= 11 is 0. The van der Waals surface area contributed by atoms with Gasteiger partial charge in [-0.3, -0.25) is 4.57 Å². The first-order chi connectivity index (χ1) is 9.75. The molecule has 0 amide bonds. The molecule has 0 fully saturated rings. The molecule has 3 rings (SSSR count). The molecule has 0 N–H and O–H groups in total. The molecular formula is C18H15BN2Y-. The molecule has 4 heteroatoms. The number of aryl methyl sites for hydroxylation is 2. The molecule has 1 aromatic heterocycles. The van der Waals surface area contributed by atoms with Crippen molar-refractivity contribution < 1.29 is 37.3 Å². The van der Waals surface area contributed by atoms with Crippen molar-refractivity contribution >= 4 is 8.41 Å². The van der Waals surface area contributed by atoms with E-state index in [0.717, 1.165) is 22.5 Å². The first-order valence-corrected chi connectivity index (χ1v) is 6.57. The van der Waals surface area contributed by atoms with E-state index in [0.29, 0.717) is 0 Å². The minimum absolute atomic E-state index is 0. The summed E-state index contributed by atoms with van der Waals surface area (Å²) in [5.74, 6) is 0.919. The molecule has 0 unspecified atom stereocenters. The Balaban J connectivity index is 0.00000121. The zero-order valence-corrected chi connectivity index (χ0v) is 15.6. The van der Waals surface area contributed by atoms with Crippen LogP contribution >= 0.6 is 0 Å². The van der Waals surface area contributed by atoms with Crippen LogP contribution in [-0.4, -0.2) is 13.4 Å². The van der Waals surface area contributed by atoms with Gasteiger partial charge in [0, 0.05) is 47.2 Å². The molecule has 0 spiro atoms. The normalized spacial score (nSPS) is 9.55. The molecule has 0 saturated heterocycles. The van der Waals surface area contributed by atoms with Gasteiger partial charge in [0.25, 0.3) is 5.82 Å². The predicted molar refractivity (Wildman–Crippen MR) is 84.4 cm³/mol.